The number of fused-ring (bicyclic) bond motifs is 1. The summed E-state index contributed by atoms with van der Waals surface area (Å²) in [5, 5.41) is 3.30. The van der Waals surface area contributed by atoms with Crippen LogP contribution in [0.25, 0.3) is 10.2 Å². The number of halogens is 1. The highest BCUT2D eigenvalue weighted by Gasteiger charge is 2.17. The first-order valence-electron chi connectivity index (χ1n) is 7.35. The number of nitrogens with zero attached hydrogens (tertiary/aromatic N) is 1. The minimum Gasteiger partial charge on any atom is -0.302 e. The first-order valence-corrected chi connectivity index (χ1v) is 10.0. The smallest absolute Gasteiger partial charge is 0.242 e. The van der Waals surface area contributed by atoms with E-state index in [0.717, 1.165) is 10.2 Å². The fourth-order valence-corrected chi connectivity index (χ4v) is 4.58. The van der Waals surface area contributed by atoms with Gasteiger partial charge in [0, 0.05) is 13.0 Å². The van der Waals surface area contributed by atoms with Crippen LogP contribution in [0.4, 0.5) is 5.13 Å². The highest BCUT2D eigenvalue weighted by molar-refractivity contribution is 7.89. The lowest BCUT2D eigenvalue weighted by Crippen LogP contribution is -2.28. The van der Waals surface area contributed by atoms with Gasteiger partial charge in [0.1, 0.15) is 4.90 Å². The van der Waals surface area contributed by atoms with Crippen molar-refractivity contribution in [3.63, 3.8) is 0 Å². The van der Waals surface area contributed by atoms with E-state index in [-0.39, 0.29) is 28.8 Å². The minimum absolute atomic E-state index is 0.0109. The monoisotopic (exact) mass is 395 g/mol. The number of aromatic nitrogens is 1. The molecule has 130 valence electrons. The third-order valence-electron chi connectivity index (χ3n) is 3.31. The molecule has 6 nitrogen and oxygen atoms in total. The number of carbonyl (C=O) groups is 1. The fraction of sp³-hybridized carbons (Fsp3) is 0.125. The van der Waals surface area contributed by atoms with E-state index >= 15 is 0 Å². The molecule has 0 saturated carbocycles. The molecule has 3 aromatic rings. The third kappa shape index (κ3) is 4.35. The fourth-order valence-electron chi connectivity index (χ4n) is 2.15. The number of sulfonamides is 1. The van der Waals surface area contributed by atoms with Crippen molar-refractivity contribution >= 4 is 54.2 Å². The number of nitrogens with one attached hydrogen (secondary N) is 2. The number of para-hydroxylation sites is 1. The molecule has 2 aromatic carbocycles. The molecule has 0 fully saturated rings. The van der Waals surface area contributed by atoms with Gasteiger partial charge in [0.2, 0.25) is 15.9 Å². The van der Waals surface area contributed by atoms with Gasteiger partial charge < -0.3 is 5.32 Å². The summed E-state index contributed by atoms with van der Waals surface area (Å²) in [7, 11) is -3.75. The molecule has 0 unspecified atom stereocenters. The van der Waals surface area contributed by atoms with Gasteiger partial charge in [-0.15, -0.1) is 0 Å². The summed E-state index contributed by atoms with van der Waals surface area (Å²) in [5.41, 5.74) is 0.808. The van der Waals surface area contributed by atoms with Gasteiger partial charge in [-0.2, -0.15) is 0 Å². The van der Waals surface area contributed by atoms with E-state index in [4.69, 9.17) is 11.6 Å². The molecule has 0 aliphatic rings. The summed E-state index contributed by atoms with van der Waals surface area (Å²) >= 11 is 7.26. The Morgan fingerprint density at radius 3 is 2.60 bits per heavy atom. The van der Waals surface area contributed by atoms with E-state index in [1.54, 1.807) is 12.1 Å². The average molecular weight is 396 g/mol. The maximum Gasteiger partial charge on any atom is 0.242 e. The molecule has 1 heterocycles. The zero-order valence-electron chi connectivity index (χ0n) is 12.9. The highest BCUT2D eigenvalue weighted by atomic mass is 35.5. The molecule has 1 aromatic heterocycles. The number of thiazole rings is 1. The molecule has 0 atom stereocenters. The van der Waals surface area contributed by atoms with E-state index in [0.29, 0.717) is 5.13 Å². The molecule has 0 spiro atoms. The van der Waals surface area contributed by atoms with Gasteiger partial charge in [-0.25, -0.2) is 18.1 Å². The van der Waals surface area contributed by atoms with Crippen LogP contribution in [0.5, 0.6) is 0 Å². The molecule has 2 N–H and O–H groups in total. The number of benzene rings is 2. The van der Waals surface area contributed by atoms with Gasteiger partial charge in [-0.05, 0) is 24.3 Å². The lowest BCUT2D eigenvalue weighted by Gasteiger charge is -2.07. The summed E-state index contributed by atoms with van der Waals surface area (Å²) in [4.78, 5) is 16.3. The van der Waals surface area contributed by atoms with Crippen molar-refractivity contribution in [3.05, 3.63) is 53.6 Å². The highest BCUT2D eigenvalue weighted by Crippen LogP contribution is 2.25. The van der Waals surface area contributed by atoms with Gasteiger partial charge in [0.05, 0.1) is 15.2 Å². The van der Waals surface area contributed by atoms with Crippen molar-refractivity contribution in [2.75, 3.05) is 11.9 Å². The van der Waals surface area contributed by atoms with Crippen LogP contribution in [0.1, 0.15) is 6.42 Å². The van der Waals surface area contributed by atoms with Gasteiger partial charge >= 0.3 is 0 Å². The van der Waals surface area contributed by atoms with E-state index in [9.17, 15) is 13.2 Å². The number of carbonyl (C=O) groups excluding carboxylic acids is 1. The Bertz CT molecular complexity index is 985. The summed E-state index contributed by atoms with van der Waals surface area (Å²) < 4.78 is 27.7. The number of anilines is 1. The zero-order chi connectivity index (χ0) is 17.9. The van der Waals surface area contributed by atoms with Gasteiger partial charge in [0.15, 0.2) is 5.13 Å². The normalized spacial score (nSPS) is 11.6. The van der Waals surface area contributed by atoms with Crippen molar-refractivity contribution in [2.45, 2.75) is 11.3 Å². The topological polar surface area (TPSA) is 88.2 Å². The van der Waals surface area contributed by atoms with Crippen LogP contribution in [0, 0.1) is 0 Å². The second-order valence-corrected chi connectivity index (χ2v) is 8.29. The zero-order valence-corrected chi connectivity index (χ0v) is 15.3. The van der Waals surface area contributed by atoms with E-state index < -0.39 is 10.0 Å². The number of hydrogen-bond donors (Lipinski definition) is 2. The second kappa shape index (κ2) is 7.49. The number of rotatable bonds is 6. The molecule has 9 heteroatoms. The van der Waals surface area contributed by atoms with Crippen LogP contribution < -0.4 is 10.0 Å². The molecule has 0 aliphatic heterocycles. The van der Waals surface area contributed by atoms with Crippen LogP contribution in [-0.2, 0) is 14.8 Å². The van der Waals surface area contributed by atoms with Crippen LogP contribution >= 0.6 is 22.9 Å². The third-order valence-corrected chi connectivity index (χ3v) is 6.22. The molecule has 0 saturated heterocycles. The maximum atomic E-state index is 12.2. The summed E-state index contributed by atoms with van der Waals surface area (Å²) in [5.74, 6) is -0.319. The standard InChI is InChI=1S/C16H14ClN3O3S2/c17-11-5-1-4-8-14(11)25(22,23)18-10-9-15(21)20-16-19-12-6-2-3-7-13(12)24-16/h1-8,18H,9-10H2,(H,19,20,21). The summed E-state index contributed by atoms with van der Waals surface area (Å²) in [6.45, 7) is -0.0374. The van der Waals surface area contributed by atoms with Crippen molar-refractivity contribution in [3.8, 4) is 0 Å². The van der Waals surface area contributed by atoms with Crippen molar-refractivity contribution < 1.29 is 13.2 Å². The molecule has 3 rings (SSSR count). The van der Waals surface area contributed by atoms with Crippen molar-refractivity contribution in [1.29, 1.82) is 0 Å². The summed E-state index contributed by atoms with van der Waals surface area (Å²) in [6, 6.07) is 13.7. The Kier molecular flexibility index (Phi) is 5.33. The molecular weight excluding hydrogens is 382 g/mol. The Morgan fingerprint density at radius 1 is 1.12 bits per heavy atom. The Balaban J connectivity index is 1.56. The first-order chi connectivity index (χ1) is 12.0. The summed E-state index contributed by atoms with van der Waals surface area (Å²) in [6.07, 6.45) is -0.0143. The van der Waals surface area contributed by atoms with Gasteiger partial charge in [0.25, 0.3) is 0 Å². The first kappa shape index (κ1) is 17.8. The second-order valence-electron chi connectivity index (χ2n) is 5.11. The average Bonchev–Trinajstić information content (AvgIpc) is 2.97. The van der Waals surface area contributed by atoms with Gasteiger partial charge in [-0.3, -0.25) is 4.79 Å². The van der Waals surface area contributed by atoms with Crippen LogP contribution in [0.15, 0.2) is 53.4 Å². The minimum atomic E-state index is -3.75. The van der Waals surface area contributed by atoms with Crippen molar-refractivity contribution in [1.82, 2.24) is 9.71 Å². The van der Waals surface area contributed by atoms with Crippen LogP contribution in [-0.4, -0.2) is 25.9 Å². The van der Waals surface area contributed by atoms with Gasteiger partial charge in [-0.1, -0.05) is 47.2 Å². The molecule has 0 radical (unpaired) electrons. The van der Waals surface area contributed by atoms with Crippen LogP contribution in [0.3, 0.4) is 0 Å². The van der Waals surface area contributed by atoms with Crippen molar-refractivity contribution in [2.24, 2.45) is 0 Å². The lowest BCUT2D eigenvalue weighted by atomic mass is 10.3. The lowest BCUT2D eigenvalue weighted by molar-refractivity contribution is -0.116. The SMILES string of the molecule is O=C(CCNS(=O)(=O)c1ccccc1Cl)Nc1nc2ccccc2s1. The predicted molar refractivity (Wildman–Crippen MR) is 99.5 cm³/mol. The largest absolute Gasteiger partial charge is 0.302 e. The molecule has 25 heavy (non-hydrogen) atoms. The van der Waals surface area contributed by atoms with Crippen LogP contribution in [0.2, 0.25) is 5.02 Å². The Labute approximate surface area is 153 Å². The van der Waals surface area contributed by atoms with E-state index in [1.165, 1.54) is 23.5 Å². The molecule has 1 amide bonds. The Morgan fingerprint density at radius 2 is 1.84 bits per heavy atom. The maximum absolute atomic E-state index is 12.2. The van der Waals surface area contributed by atoms with E-state index in [2.05, 4.69) is 15.0 Å². The molecule has 0 aliphatic carbocycles. The predicted octanol–water partition coefficient (Wildman–Crippen LogP) is 3.26. The molecule has 0 bridgehead atoms. The number of amides is 1. The Hall–Kier alpha value is -2.00. The van der Waals surface area contributed by atoms with E-state index in [1.807, 2.05) is 24.3 Å². The number of hydrogen-bond acceptors (Lipinski definition) is 5. The quantitative estimate of drug-likeness (QED) is 0.670. The molecular formula is C16H14ClN3O3S2.